The topological polar surface area (TPSA) is 129 Å². The standard InChI is InChI=1S/C38H43N3O6/c39-36(19-11-10-18-33(42)22-23-40-38(44)47-28-31-16-8-3-9-17-31)41-37(43)24-32-20-21-34(45-26-29-12-4-1-5-13-29)25-35(32)46-27-30-14-6-2-7-15-30/h1-9,12-17,20-21,25,36H,10-11,18-19,22-24,26-28,39H2,(H,40,44)(H,41,43). The maximum absolute atomic E-state index is 12.9. The number of alkyl carbamates (subject to hydrolysis) is 1. The lowest BCUT2D eigenvalue weighted by molar-refractivity contribution is -0.121. The number of benzene rings is 4. The van der Waals surface area contributed by atoms with E-state index in [1.165, 1.54) is 0 Å². The minimum absolute atomic E-state index is 0.0465. The van der Waals surface area contributed by atoms with Gasteiger partial charge in [0.2, 0.25) is 5.91 Å². The molecule has 0 heterocycles. The zero-order chi connectivity index (χ0) is 33.1. The lowest BCUT2D eigenvalue weighted by Gasteiger charge is -2.16. The van der Waals surface area contributed by atoms with Gasteiger partial charge in [0.15, 0.2) is 0 Å². The molecule has 4 aromatic carbocycles. The van der Waals surface area contributed by atoms with Crippen molar-refractivity contribution >= 4 is 17.8 Å². The van der Waals surface area contributed by atoms with Crippen LogP contribution in [-0.2, 0) is 40.6 Å². The Bertz CT molecular complexity index is 1530. The summed E-state index contributed by atoms with van der Waals surface area (Å²) < 4.78 is 17.3. The molecule has 9 nitrogen and oxygen atoms in total. The molecule has 0 fully saturated rings. The van der Waals surface area contributed by atoms with Crippen LogP contribution in [0.5, 0.6) is 11.5 Å². The molecule has 0 aliphatic rings. The largest absolute Gasteiger partial charge is 0.489 e. The highest BCUT2D eigenvalue weighted by atomic mass is 16.5. The van der Waals surface area contributed by atoms with Gasteiger partial charge in [0.25, 0.3) is 0 Å². The second-order valence-electron chi connectivity index (χ2n) is 11.2. The fraction of sp³-hybridized carbons (Fsp3) is 0.289. The molecule has 4 N–H and O–H groups in total. The number of nitrogens with one attached hydrogen (secondary N) is 2. The third-order valence-electron chi connectivity index (χ3n) is 7.33. The number of carbonyl (C=O) groups is 3. The normalized spacial score (nSPS) is 11.3. The first kappa shape index (κ1) is 34.7. The number of hydrogen-bond acceptors (Lipinski definition) is 7. The zero-order valence-corrected chi connectivity index (χ0v) is 26.6. The Kier molecular flexibility index (Phi) is 14.3. The van der Waals surface area contributed by atoms with Crippen molar-refractivity contribution in [3.63, 3.8) is 0 Å². The van der Waals surface area contributed by atoms with E-state index in [0.717, 1.165) is 22.3 Å². The van der Waals surface area contributed by atoms with Gasteiger partial charge >= 0.3 is 6.09 Å². The molecule has 0 aliphatic heterocycles. The predicted octanol–water partition coefficient (Wildman–Crippen LogP) is 6.23. The van der Waals surface area contributed by atoms with Gasteiger partial charge in [0, 0.05) is 31.0 Å². The zero-order valence-electron chi connectivity index (χ0n) is 26.6. The molecule has 0 saturated heterocycles. The summed E-state index contributed by atoms with van der Waals surface area (Å²) in [5.41, 5.74) is 9.87. The van der Waals surface area contributed by atoms with Crippen molar-refractivity contribution < 1.29 is 28.6 Å². The molecule has 4 aromatic rings. The van der Waals surface area contributed by atoms with Crippen LogP contribution < -0.4 is 25.8 Å². The highest BCUT2D eigenvalue weighted by molar-refractivity contribution is 5.80. The Morgan fingerprint density at radius 3 is 1.91 bits per heavy atom. The van der Waals surface area contributed by atoms with Crippen molar-refractivity contribution in [2.45, 2.75) is 64.5 Å². The number of unbranched alkanes of at least 4 members (excludes halogenated alkanes) is 1. The Morgan fingerprint density at radius 2 is 1.28 bits per heavy atom. The number of ketones is 1. The number of Topliss-reactive ketones (excluding diaryl/α,β-unsaturated/α-hetero) is 1. The van der Waals surface area contributed by atoms with E-state index in [9.17, 15) is 14.4 Å². The van der Waals surface area contributed by atoms with Gasteiger partial charge in [-0.25, -0.2) is 4.79 Å². The van der Waals surface area contributed by atoms with Gasteiger partial charge in [-0.15, -0.1) is 0 Å². The molecule has 0 saturated carbocycles. The minimum Gasteiger partial charge on any atom is -0.489 e. The van der Waals surface area contributed by atoms with E-state index in [1.807, 2.05) is 109 Å². The molecular weight excluding hydrogens is 594 g/mol. The SMILES string of the molecule is NC(CCCCC(=O)CCNC(=O)OCc1ccccc1)NC(=O)Cc1ccc(OCc2ccccc2)cc1OCc1ccccc1. The molecule has 0 spiro atoms. The van der Waals surface area contributed by atoms with E-state index in [2.05, 4.69) is 10.6 Å². The van der Waals surface area contributed by atoms with Gasteiger partial charge in [0.05, 0.1) is 12.6 Å². The van der Waals surface area contributed by atoms with Gasteiger partial charge < -0.3 is 30.6 Å². The summed E-state index contributed by atoms with van der Waals surface area (Å²) in [6.07, 6.45) is 1.46. The number of hydrogen-bond donors (Lipinski definition) is 3. The quantitative estimate of drug-likeness (QED) is 0.0821. The van der Waals surface area contributed by atoms with Crippen LogP contribution in [0.25, 0.3) is 0 Å². The van der Waals surface area contributed by atoms with Crippen molar-refractivity contribution in [2.75, 3.05) is 6.54 Å². The van der Waals surface area contributed by atoms with E-state index in [1.54, 1.807) is 0 Å². The summed E-state index contributed by atoms with van der Waals surface area (Å²) in [6, 6.07) is 34.6. The Morgan fingerprint density at radius 1 is 0.681 bits per heavy atom. The van der Waals surface area contributed by atoms with E-state index in [0.29, 0.717) is 50.4 Å². The summed E-state index contributed by atoms with van der Waals surface area (Å²) in [5, 5.41) is 5.46. The molecule has 1 atom stereocenters. The van der Waals surface area contributed by atoms with Gasteiger partial charge in [-0.3, -0.25) is 9.59 Å². The van der Waals surface area contributed by atoms with Gasteiger partial charge in [-0.05, 0) is 42.0 Å². The van der Waals surface area contributed by atoms with Crippen LogP contribution in [0, 0.1) is 0 Å². The van der Waals surface area contributed by atoms with Crippen molar-refractivity contribution in [3.05, 3.63) is 131 Å². The Labute approximate surface area is 276 Å². The van der Waals surface area contributed by atoms with Gasteiger partial charge in [-0.1, -0.05) is 97.1 Å². The molecule has 4 rings (SSSR count). The van der Waals surface area contributed by atoms with E-state index in [4.69, 9.17) is 19.9 Å². The van der Waals surface area contributed by atoms with Crippen LogP contribution in [0.2, 0.25) is 0 Å². The van der Waals surface area contributed by atoms with Crippen LogP contribution in [-0.4, -0.2) is 30.5 Å². The van der Waals surface area contributed by atoms with Crippen LogP contribution >= 0.6 is 0 Å². The highest BCUT2D eigenvalue weighted by Gasteiger charge is 2.14. The first-order chi connectivity index (χ1) is 22.9. The first-order valence-electron chi connectivity index (χ1n) is 15.9. The second-order valence-corrected chi connectivity index (χ2v) is 11.2. The van der Waals surface area contributed by atoms with Crippen LogP contribution in [0.1, 0.15) is 54.4 Å². The average molecular weight is 638 g/mol. The van der Waals surface area contributed by atoms with Crippen molar-refractivity contribution in [1.29, 1.82) is 0 Å². The molecule has 0 aliphatic carbocycles. The van der Waals surface area contributed by atoms with E-state index >= 15 is 0 Å². The number of carbonyl (C=O) groups excluding carboxylic acids is 3. The second kappa shape index (κ2) is 19.4. The fourth-order valence-electron chi connectivity index (χ4n) is 4.77. The first-order valence-corrected chi connectivity index (χ1v) is 15.9. The summed E-state index contributed by atoms with van der Waals surface area (Å²) in [6.45, 7) is 1.17. The third kappa shape index (κ3) is 13.4. The van der Waals surface area contributed by atoms with E-state index < -0.39 is 12.3 Å². The summed E-state index contributed by atoms with van der Waals surface area (Å²) in [7, 11) is 0. The van der Waals surface area contributed by atoms with Crippen LogP contribution in [0.3, 0.4) is 0 Å². The molecule has 47 heavy (non-hydrogen) atoms. The lowest BCUT2D eigenvalue weighted by atomic mass is 10.1. The predicted molar refractivity (Wildman–Crippen MR) is 181 cm³/mol. The van der Waals surface area contributed by atoms with Crippen molar-refractivity contribution in [3.8, 4) is 11.5 Å². The average Bonchev–Trinajstić information content (AvgIpc) is 3.09. The highest BCUT2D eigenvalue weighted by Crippen LogP contribution is 2.27. The molecule has 1 unspecified atom stereocenters. The van der Waals surface area contributed by atoms with Crippen LogP contribution in [0.4, 0.5) is 4.79 Å². The van der Waals surface area contributed by atoms with E-state index in [-0.39, 0.29) is 37.7 Å². The third-order valence-corrected chi connectivity index (χ3v) is 7.33. The molecule has 0 bridgehead atoms. The summed E-state index contributed by atoms with van der Waals surface area (Å²) in [4.78, 5) is 37.0. The molecular formula is C38H43N3O6. The Hall–Kier alpha value is -5.15. The lowest BCUT2D eigenvalue weighted by Crippen LogP contribution is -2.42. The summed E-state index contributed by atoms with van der Waals surface area (Å²) in [5.74, 6) is 1.04. The number of rotatable bonds is 19. The molecule has 0 radical (unpaired) electrons. The molecule has 2 amide bonds. The smallest absolute Gasteiger partial charge is 0.407 e. The molecule has 0 aromatic heterocycles. The van der Waals surface area contributed by atoms with Gasteiger partial charge in [-0.2, -0.15) is 0 Å². The minimum atomic E-state index is -0.550. The maximum atomic E-state index is 12.9. The van der Waals surface area contributed by atoms with Gasteiger partial charge in [0.1, 0.15) is 37.1 Å². The number of amides is 2. The monoisotopic (exact) mass is 637 g/mol. The van der Waals surface area contributed by atoms with Crippen molar-refractivity contribution in [2.24, 2.45) is 5.73 Å². The fourth-order valence-corrected chi connectivity index (χ4v) is 4.77. The van der Waals surface area contributed by atoms with Crippen LogP contribution in [0.15, 0.2) is 109 Å². The van der Waals surface area contributed by atoms with Crippen molar-refractivity contribution in [1.82, 2.24) is 10.6 Å². The molecule has 246 valence electrons. The number of nitrogens with two attached hydrogens (primary N) is 1. The number of ether oxygens (including phenoxy) is 3. The molecule has 9 heteroatoms. The maximum Gasteiger partial charge on any atom is 0.407 e. The summed E-state index contributed by atoms with van der Waals surface area (Å²) >= 11 is 0. The Balaban J connectivity index is 1.16.